The van der Waals surface area contributed by atoms with Crippen LogP contribution in [0.1, 0.15) is 56.5 Å². The third kappa shape index (κ3) is 4.70. The van der Waals surface area contributed by atoms with Gasteiger partial charge in [0.15, 0.2) is 0 Å². The number of fused-ring (bicyclic) bond motifs is 1. The monoisotopic (exact) mass is 401 g/mol. The highest BCUT2D eigenvalue weighted by Crippen LogP contribution is 2.31. The molecular weight excluding hydrogens is 370 g/mol. The summed E-state index contributed by atoms with van der Waals surface area (Å²) in [5.41, 5.74) is 5.83. The Morgan fingerprint density at radius 1 is 1.21 bits per heavy atom. The van der Waals surface area contributed by atoms with E-state index in [2.05, 4.69) is 24.5 Å². The maximum atomic E-state index is 12.3. The fourth-order valence-electron chi connectivity index (χ4n) is 3.71. The topological polar surface area (TPSA) is 102 Å². The molecule has 3 rings (SSSR count). The van der Waals surface area contributed by atoms with Gasteiger partial charge in [-0.05, 0) is 70.7 Å². The number of aromatic nitrogens is 2. The summed E-state index contributed by atoms with van der Waals surface area (Å²) < 4.78 is 7.44. The summed E-state index contributed by atoms with van der Waals surface area (Å²) in [6.45, 7) is 11.0. The van der Waals surface area contributed by atoms with E-state index in [1.54, 1.807) is 4.90 Å². The van der Waals surface area contributed by atoms with Gasteiger partial charge in [-0.25, -0.2) is 15.6 Å². The minimum absolute atomic E-state index is 0.122. The molecule has 0 aliphatic carbocycles. The summed E-state index contributed by atoms with van der Waals surface area (Å²) in [4.78, 5) is 31.0. The summed E-state index contributed by atoms with van der Waals surface area (Å²) >= 11 is 0. The van der Waals surface area contributed by atoms with Gasteiger partial charge in [0.05, 0.1) is 11.0 Å². The quantitative estimate of drug-likeness (QED) is 0.468. The number of amides is 2. The number of rotatable bonds is 3. The number of hydrogen-bond donors (Lipinski definition) is 2. The van der Waals surface area contributed by atoms with E-state index in [4.69, 9.17) is 15.6 Å². The third-order valence-corrected chi connectivity index (χ3v) is 5.37. The second kappa shape index (κ2) is 8.02. The molecule has 2 aromatic rings. The van der Waals surface area contributed by atoms with Gasteiger partial charge in [0, 0.05) is 19.0 Å². The molecule has 29 heavy (non-hydrogen) atoms. The number of hydrazine groups is 1. The first-order valence-corrected chi connectivity index (χ1v) is 10.0. The Kier molecular flexibility index (Phi) is 5.84. The normalized spacial score (nSPS) is 15.6. The number of hydrogen-bond acceptors (Lipinski definition) is 5. The number of nitrogens with two attached hydrogens (primary N) is 1. The van der Waals surface area contributed by atoms with Crippen molar-refractivity contribution >= 4 is 23.0 Å². The fraction of sp³-hybridized carbons (Fsp3) is 0.571. The van der Waals surface area contributed by atoms with E-state index in [-0.39, 0.29) is 24.5 Å². The van der Waals surface area contributed by atoms with Crippen molar-refractivity contribution in [3.05, 3.63) is 29.1 Å². The van der Waals surface area contributed by atoms with Crippen LogP contribution in [0.5, 0.6) is 0 Å². The van der Waals surface area contributed by atoms with Crippen molar-refractivity contribution in [3.8, 4) is 0 Å². The number of piperidine rings is 1. The number of carbonyl (C=O) groups excluding carboxylic acids is 2. The lowest BCUT2D eigenvalue weighted by Gasteiger charge is -2.33. The molecule has 8 heteroatoms. The highest BCUT2D eigenvalue weighted by molar-refractivity contribution is 5.82. The van der Waals surface area contributed by atoms with Crippen LogP contribution < -0.4 is 11.3 Å². The highest BCUT2D eigenvalue weighted by Gasteiger charge is 2.30. The van der Waals surface area contributed by atoms with E-state index in [1.807, 2.05) is 32.3 Å². The summed E-state index contributed by atoms with van der Waals surface area (Å²) in [6.07, 6.45) is 1.26. The van der Waals surface area contributed by atoms with Gasteiger partial charge in [-0.3, -0.25) is 10.2 Å². The van der Waals surface area contributed by atoms with Crippen molar-refractivity contribution in [2.45, 2.75) is 65.5 Å². The lowest BCUT2D eigenvalue weighted by Crippen LogP contribution is -2.41. The van der Waals surface area contributed by atoms with Gasteiger partial charge >= 0.3 is 6.09 Å². The first kappa shape index (κ1) is 21.1. The van der Waals surface area contributed by atoms with Crippen LogP contribution in [0.2, 0.25) is 0 Å². The van der Waals surface area contributed by atoms with Gasteiger partial charge in [0.25, 0.3) is 5.91 Å². The molecule has 3 N–H and O–H groups in total. The number of nitrogens with zero attached hydrogens (tertiary/aromatic N) is 3. The molecule has 0 radical (unpaired) electrons. The molecule has 8 nitrogen and oxygen atoms in total. The summed E-state index contributed by atoms with van der Waals surface area (Å²) in [5.74, 6) is 6.09. The van der Waals surface area contributed by atoms with E-state index in [1.165, 1.54) is 0 Å². The molecule has 2 amide bonds. The van der Waals surface area contributed by atoms with Crippen molar-refractivity contribution in [2.24, 2.45) is 5.84 Å². The average molecular weight is 402 g/mol. The Bertz CT molecular complexity index is 921. The van der Waals surface area contributed by atoms with Gasteiger partial charge < -0.3 is 14.2 Å². The SMILES string of the molecule is Cc1cc2nc(C3CCN(C(=O)OC(C)(C)C)CC3)n(CC(=O)NN)c2cc1C. The van der Waals surface area contributed by atoms with E-state index in [9.17, 15) is 9.59 Å². The molecule has 1 aliphatic heterocycles. The number of nitrogens with one attached hydrogen (secondary N) is 1. The zero-order chi connectivity index (χ0) is 21.3. The van der Waals surface area contributed by atoms with Crippen LogP contribution in [0.3, 0.4) is 0 Å². The van der Waals surface area contributed by atoms with Crippen LogP contribution in [-0.4, -0.2) is 45.1 Å². The molecular formula is C21H31N5O3. The van der Waals surface area contributed by atoms with Gasteiger partial charge in [-0.2, -0.15) is 0 Å². The van der Waals surface area contributed by atoms with Crippen molar-refractivity contribution in [3.63, 3.8) is 0 Å². The van der Waals surface area contributed by atoms with Crippen molar-refractivity contribution in [1.82, 2.24) is 19.9 Å². The lowest BCUT2D eigenvalue weighted by atomic mass is 9.96. The fourth-order valence-corrected chi connectivity index (χ4v) is 3.71. The third-order valence-electron chi connectivity index (χ3n) is 5.37. The lowest BCUT2D eigenvalue weighted by molar-refractivity contribution is -0.121. The van der Waals surface area contributed by atoms with E-state index >= 15 is 0 Å². The Morgan fingerprint density at radius 2 is 1.83 bits per heavy atom. The van der Waals surface area contributed by atoms with Gasteiger partial charge in [0.1, 0.15) is 18.0 Å². The smallest absolute Gasteiger partial charge is 0.410 e. The van der Waals surface area contributed by atoms with Crippen LogP contribution in [0.25, 0.3) is 11.0 Å². The summed E-state index contributed by atoms with van der Waals surface area (Å²) in [7, 11) is 0. The standard InChI is InChI=1S/C21H31N5O3/c1-13-10-16-17(11-14(13)2)26(12-18(27)24-22)19(23-16)15-6-8-25(9-7-15)20(28)29-21(3,4)5/h10-11,15H,6-9,12,22H2,1-5H3,(H,24,27). The second-order valence-corrected chi connectivity index (χ2v) is 8.79. The Hall–Kier alpha value is -2.61. The summed E-state index contributed by atoms with van der Waals surface area (Å²) in [5, 5.41) is 0. The zero-order valence-corrected chi connectivity index (χ0v) is 17.9. The van der Waals surface area contributed by atoms with Gasteiger partial charge in [-0.1, -0.05) is 0 Å². The minimum atomic E-state index is -0.507. The molecule has 0 spiro atoms. The zero-order valence-electron chi connectivity index (χ0n) is 17.9. The number of ether oxygens (including phenoxy) is 1. The largest absolute Gasteiger partial charge is 0.444 e. The molecule has 1 aromatic heterocycles. The predicted octanol–water partition coefficient (Wildman–Crippen LogP) is 2.76. The molecule has 1 fully saturated rings. The molecule has 0 saturated carbocycles. The van der Waals surface area contributed by atoms with Crippen molar-refractivity contribution in [2.75, 3.05) is 13.1 Å². The molecule has 1 saturated heterocycles. The number of aryl methyl sites for hydroxylation is 2. The Morgan fingerprint density at radius 3 is 2.41 bits per heavy atom. The number of likely N-dealkylation sites (tertiary alicyclic amines) is 1. The van der Waals surface area contributed by atoms with Crippen LogP contribution in [0.15, 0.2) is 12.1 Å². The maximum Gasteiger partial charge on any atom is 0.410 e. The van der Waals surface area contributed by atoms with Crippen LogP contribution >= 0.6 is 0 Å². The summed E-state index contributed by atoms with van der Waals surface area (Å²) in [6, 6.07) is 4.13. The molecule has 0 atom stereocenters. The second-order valence-electron chi connectivity index (χ2n) is 8.79. The molecule has 0 unspecified atom stereocenters. The van der Waals surface area contributed by atoms with Gasteiger partial charge in [0.2, 0.25) is 0 Å². The molecule has 0 bridgehead atoms. The molecule has 158 valence electrons. The van der Waals surface area contributed by atoms with E-state index in [0.717, 1.165) is 40.8 Å². The van der Waals surface area contributed by atoms with E-state index < -0.39 is 5.60 Å². The molecule has 1 aliphatic rings. The number of carbonyl (C=O) groups is 2. The van der Waals surface area contributed by atoms with Crippen LogP contribution in [-0.2, 0) is 16.1 Å². The minimum Gasteiger partial charge on any atom is -0.444 e. The van der Waals surface area contributed by atoms with Gasteiger partial charge in [-0.15, -0.1) is 0 Å². The van der Waals surface area contributed by atoms with Crippen molar-refractivity contribution in [1.29, 1.82) is 0 Å². The first-order chi connectivity index (χ1) is 13.6. The molecule has 2 heterocycles. The first-order valence-electron chi connectivity index (χ1n) is 10.0. The van der Waals surface area contributed by atoms with Crippen LogP contribution in [0.4, 0.5) is 4.79 Å². The van der Waals surface area contributed by atoms with Crippen LogP contribution in [0, 0.1) is 13.8 Å². The number of benzene rings is 1. The number of imidazole rings is 1. The van der Waals surface area contributed by atoms with Crippen molar-refractivity contribution < 1.29 is 14.3 Å². The average Bonchev–Trinajstić information content (AvgIpc) is 2.98. The Labute approximate surface area is 171 Å². The Balaban J connectivity index is 1.85. The highest BCUT2D eigenvalue weighted by atomic mass is 16.6. The van der Waals surface area contributed by atoms with E-state index in [0.29, 0.717) is 13.1 Å². The predicted molar refractivity (Wildman–Crippen MR) is 111 cm³/mol. The maximum absolute atomic E-state index is 12.3. The molecule has 1 aromatic carbocycles.